The van der Waals surface area contributed by atoms with Crippen molar-refractivity contribution in [3.8, 4) is 0 Å². The van der Waals surface area contributed by atoms with Crippen molar-refractivity contribution < 1.29 is 9.53 Å². The minimum Gasteiger partial charge on any atom is -0.466 e. The molecule has 0 heterocycles. The summed E-state index contributed by atoms with van der Waals surface area (Å²) < 4.78 is 4.99. The monoisotopic (exact) mass is 213 g/mol. The molecule has 0 atom stereocenters. The third-order valence-electron chi connectivity index (χ3n) is 2.35. The number of carbonyl (C=O) groups excluding carboxylic acids is 1. The molecule has 0 unspecified atom stereocenters. The second-order valence-electron chi connectivity index (χ2n) is 3.95. The number of hydrogen-bond donors (Lipinski definition) is 0. The smallest absolute Gasteiger partial charge is 0.305 e. The van der Waals surface area contributed by atoms with Crippen LogP contribution < -0.4 is 0 Å². The Morgan fingerprint density at radius 3 is 2.27 bits per heavy atom. The van der Waals surface area contributed by atoms with Crippen molar-refractivity contribution >= 4 is 5.97 Å². The molecule has 2 nitrogen and oxygen atoms in total. The van der Waals surface area contributed by atoms with Crippen molar-refractivity contribution in [1.82, 2.24) is 0 Å². The van der Waals surface area contributed by atoms with Gasteiger partial charge in [-0.1, -0.05) is 52.4 Å². The Morgan fingerprint density at radius 1 is 1.07 bits per heavy atom. The van der Waals surface area contributed by atoms with Gasteiger partial charge in [-0.05, 0) is 12.8 Å². The van der Waals surface area contributed by atoms with Crippen LogP contribution in [0.3, 0.4) is 0 Å². The summed E-state index contributed by atoms with van der Waals surface area (Å²) in [6, 6.07) is 0. The van der Waals surface area contributed by atoms with Gasteiger partial charge in [-0.3, -0.25) is 4.79 Å². The largest absolute Gasteiger partial charge is 0.466 e. The predicted octanol–water partition coefficient (Wildman–Crippen LogP) is 3.89. The molecule has 0 rings (SSSR count). The topological polar surface area (TPSA) is 26.3 Å². The van der Waals surface area contributed by atoms with Gasteiger partial charge in [0.25, 0.3) is 0 Å². The quantitative estimate of drug-likeness (QED) is 0.406. The number of carbonyl (C=O) groups is 1. The van der Waals surface area contributed by atoms with Gasteiger partial charge in [-0.25, -0.2) is 0 Å². The number of esters is 1. The maximum absolute atomic E-state index is 11.1. The Balaban J connectivity index is 3.06. The fourth-order valence-electron chi connectivity index (χ4n) is 1.44. The molecule has 0 spiro atoms. The van der Waals surface area contributed by atoms with E-state index in [-0.39, 0.29) is 5.97 Å². The zero-order chi connectivity index (χ0) is 11.4. The van der Waals surface area contributed by atoms with Crippen LogP contribution in [0.1, 0.15) is 64.7 Å². The first-order chi connectivity index (χ1) is 7.31. The number of rotatable bonds is 10. The van der Waals surface area contributed by atoms with Gasteiger partial charge in [0.05, 0.1) is 6.61 Å². The summed E-state index contributed by atoms with van der Waals surface area (Å²) in [5, 5.41) is 0. The van der Waals surface area contributed by atoms with E-state index in [0.717, 1.165) is 25.7 Å². The lowest BCUT2D eigenvalue weighted by molar-refractivity contribution is -0.143. The van der Waals surface area contributed by atoms with Gasteiger partial charge in [0.2, 0.25) is 0 Å². The molecular weight excluding hydrogens is 188 g/mol. The number of unbranched alkanes of at least 4 members (excludes halogenated alkanes) is 6. The zero-order valence-electron chi connectivity index (χ0n) is 10.1. The molecule has 15 heavy (non-hydrogen) atoms. The van der Waals surface area contributed by atoms with Crippen LogP contribution in [-0.2, 0) is 9.53 Å². The van der Waals surface area contributed by atoms with E-state index in [9.17, 15) is 4.79 Å². The van der Waals surface area contributed by atoms with Crippen LogP contribution in [0.25, 0.3) is 0 Å². The van der Waals surface area contributed by atoms with Crippen molar-refractivity contribution in [2.75, 3.05) is 6.61 Å². The Kier molecular flexibility index (Phi) is 11.1. The maximum atomic E-state index is 11.1. The lowest BCUT2D eigenvalue weighted by atomic mass is 10.1. The van der Waals surface area contributed by atoms with Gasteiger partial charge < -0.3 is 4.74 Å². The molecule has 2 heteroatoms. The highest BCUT2D eigenvalue weighted by atomic mass is 16.5. The summed E-state index contributed by atoms with van der Waals surface area (Å²) in [4.78, 5) is 11.1. The summed E-state index contributed by atoms with van der Waals surface area (Å²) in [5.74, 6) is -0.0328. The van der Waals surface area contributed by atoms with Crippen molar-refractivity contribution in [3.63, 3.8) is 0 Å². The number of ether oxygens (including phenoxy) is 1. The van der Waals surface area contributed by atoms with E-state index in [0.29, 0.717) is 13.0 Å². The van der Waals surface area contributed by atoms with Gasteiger partial charge in [0.1, 0.15) is 0 Å². The van der Waals surface area contributed by atoms with E-state index in [1.807, 2.05) is 6.92 Å². The van der Waals surface area contributed by atoms with Crippen molar-refractivity contribution in [2.45, 2.75) is 64.7 Å². The van der Waals surface area contributed by atoms with Crippen molar-refractivity contribution in [3.05, 3.63) is 6.92 Å². The molecular formula is C13H25O2. The fraction of sp³-hybridized carbons (Fsp3) is 0.846. The van der Waals surface area contributed by atoms with Crippen LogP contribution in [0.2, 0.25) is 0 Å². The summed E-state index contributed by atoms with van der Waals surface area (Å²) in [7, 11) is 0. The maximum Gasteiger partial charge on any atom is 0.305 e. The van der Waals surface area contributed by atoms with Crippen LogP contribution in [0.4, 0.5) is 0 Å². The standard InChI is InChI=1S/C13H25O2/c1-3-5-6-7-8-9-10-11-13(14)15-12-4-2/h1,3-12H2,2H3. The molecule has 0 bridgehead atoms. The molecule has 1 radical (unpaired) electrons. The fourth-order valence-corrected chi connectivity index (χ4v) is 1.44. The first kappa shape index (κ1) is 14.5. The molecule has 0 saturated carbocycles. The molecule has 0 aromatic heterocycles. The second kappa shape index (κ2) is 11.5. The Morgan fingerprint density at radius 2 is 1.67 bits per heavy atom. The van der Waals surface area contributed by atoms with Crippen LogP contribution in [-0.4, -0.2) is 12.6 Å². The molecule has 89 valence electrons. The SMILES string of the molecule is [CH2]CCCCCCCCC(=O)OCCC. The summed E-state index contributed by atoms with van der Waals surface area (Å²) in [6.45, 7) is 6.39. The van der Waals surface area contributed by atoms with Crippen LogP contribution in [0, 0.1) is 6.92 Å². The first-order valence-electron chi connectivity index (χ1n) is 6.26. The van der Waals surface area contributed by atoms with Crippen LogP contribution in [0.5, 0.6) is 0 Å². The molecule has 0 fully saturated rings. The van der Waals surface area contributed by atoms with Crippen LogP contribution in [0.15, 0.2) is 0 Å². The van der Waals surface area contributed by atoms with Gasteiger partial charge in [0.15, 0.2) is 0 Å². The van der Waals surface area contributed by atoms with E-state index in [4.69, 9.17) is 4.74 Å². The number of hydrogen-bond acceptors (Lipinski definition) is 2. The molecule has 0 aliphatic carbocycles. The molecule has 0 aromatic carbocycles. The molecule has 0 saturated heterocycles. The van der Waals surface area contributed by atoms with Gasteiger partial charge >= 0.3 is 5.97 Å². The highest BCUT2D eigenvalue weighted by molar-refractivity contribution is 5.69. The average molecular weight is 213 g/mol. The first-order valence-corrected chi connectivity index (χ1v) is 6.26. The highest BCUT2D eigenvalue weighted by Gasteiger charge is 2.00. The van der Waals surface area contributed by atoms with Crippen molar-refractivity contribution in [1.29, 1.82) is 0 Å². The second-order valence-corrected chi connectivity index (χ2v) is 3.95. The van der Waals surface area contributed by atoms with E-state index in [1.54, 1.807) is 0 Å². The summed E-state index contributed by atoms with van der Waals surface area (Å²) in [5.41, 5.74) is 0. The molecule has 0 aliphatic heterocycles. The lowest BCUT2D eigenvalue weighted by Gasteiger charge is -2.03. The summed E-state index contributed by atoms with van der Waals surface area (Å²) in [6.07, 6.45) is 9.71. The average Bonchev–Trinajstić information content (AvgIpc) is 2.25. The molecule has 0 N–H and O–H groups in total. The lowest BCUT2D eigenvalue weighted by Crippen LogP contribution is -2.04. The van der Waals surface area contributed by atoms with E-state index < -0.39 is 0 Å². The minimum absolute atomic E-state index is 0.0328. The highest BCUT2D eigenvalue weighted by Crippen LogP contribution is 2.08. The minimum atomic E-state index is -0.0328. The Hall–Kier alpha value is -0.530. The zero-order valence-corrected chi connectivity index (χ0v) is 10.1. The molecule has 0 aliphatic rings. The van der Waals surface area contributed by atoms with Gasteiger partial charge in [0, 0.05) is 6.42 Å². The van der Waals surface area contributed by atoms with E-state index in [2.05, 4.69) is 6.92 Å². The predicted molar refractivity (Wildman–Crippen MR) is 63.5 cm³/mol. The van der Waals surface area contributed by atoms with E-state index in [1.165, 1.54) is 25.7 Å². The Bertz CT molecular complexity index is 143. The molecule has 0 amide bonds. The normalized spacial score (nSPS) is 10.3. The van der Waals surface area contributed by atoms with Crippen LogP contribution >= 0.6 is 0 Å². The van der Waals surface area contributed by atoms with Gasteiger partial charge in [-0.15, -0.1) is 0 Å². The molecule has 0 aromatic rings. The van der Waals surface area contributed by atoms with Crippen molar-refractivity contribution in [2.24, 2.45) is 0 Å². The van der Waals surface area contributed by atoms with Gasteiger partial charge in [-0.2, -0.15) is 0 Å². The Labute approximate surface area is 94.4 Å². The third-order valence-corrected chi connectivity index (χ3v) is 2.35. The summed E-state index contributed by atoms with van der Waals surface area (Å²) >= 11 is 0. The third kappa shape index (κ3) is 11.4. The van der Waals surface area contributed by atoms with E-state index >= 15 is 0 Å².